The Morgan fingerprint density at radius 2 is 2.12 bits per heavy atom. The minimum atomic E-state index is -0.487. The first kappa shape index (κ1) is 18.6. The number of carbonyl (C=O) groups excluding carboxylic acids is 1. The van der Waals surface area contributed by atoms with Crippen LogP contribution in [0.15, 0.2) is 0 Å². The minimum Gasteiger partial charge on any atom is -0.353 e. The van der Waals surface area contributed by atoms with Crippen LogP contribution in [0.3, 0.4) is 0 Å². The van der Waals surface area contributed by atoms with Crippen LogP contribution in [0.1, 0.15) is 38.3 Å². The summed E-state index contributed by atoms with van der Waals surface area (Å²) in [6.45, 7) is 7.14. The molecule has 9 heteroatoms. The second-order valence-electron chi connectivity index (χ2n) is 7.52. The van der Waals surface area contributed by atoms with Gasteiger partial charge in [0, 0.05) is 26.7 Å². The Kier molecular flexibility index (Phi) is 5.17. The first-order valence-electron chi connectivity index (χ1n) is 9.31. The molecule has 1 aromatic rings. The molecule has 1 amide bonds. The fourth-order valence-electron chi connectivity index (χ4n) is 4.17. The highest BCUT2D eigenvalue weighted by molar-refractivity contribution is 5.85. The van der Waals surface area contributed by atoms with Gasteiger partial charge >= 0.3 is 5.69 Å². The summed E-state index contributed by atoms with van der Waals surface area (Å²) in [7, 11) is 1.65. The molecule has 1 spiro atoms. The molecule has 1 aromatic heterocycles. The highest BCUT2D eigenvalue weighted by Gasteiger charge is 2.39. The van der Waals surface area contributed by atoms with E-state index in [9.17, 15) is 14.9 Å². The Morgan fingerprint density at radius 1 is 1.42 bits per heavy atom. The summed E-state index contributed by atoms with van der Waals surface area (Å²) in [5.74, 6) is 0.308. The molecule has 0 aliphatic carbocycles. The van der Waals surface area contributed by atoms with Gasteiger partial charge in [0.15, 0.2) is 0 Å². The second kappa shape index (κ2) is 7.22. The summed E-state index contributed by atoms with van der Waals surface area (Å²) in [6.07, 6.45) is 3.79. The largest absolute Gasteiger partial charge is 0.353 e. The number of piperidine rings is 1. The predicted octanol–water partition coefficient (Wildman–Crippen LogP) is 1.43. The average molecular weight is 364 g/mol. The van der Waals surface area contributed by atoms with E-state index in [0.29, 0.717) is 23.3 Å². The van der Waals surface area contributed by atoms with Crippen molar-refractivity contribution in [2.75, 3.05) is 31.5 Å². The number of hydrogen-bond acceptors (Lipinski definition) is 6. The third-order valence-electron chi connectivity index (χ3n) is 5.86. The number of aryl methyl sites for hydroxylation is 2. The number of rotatable bonds is 5. The van der Waals surface area contributed by atoms with Gasteiger partial charge in [-0.15, -0.1) is 0 Å². The van der Waals surface area contributed by atoms with Gasteiger partial charge in [-0.1, -0.05) is 6.92 Å². The zero-order valence-electron chi connectivity index (χ0n) is 15.7. The van der Waals surface area contributed by atoms with E-state index in [1.54, 1.807) is 14.0 Å². The number of likely N-dealkylation sites (tertiary alicyclic amines) is 1. The molecule has 26 heavy (non-hydrogen) atoms. The summed E-state index contributed by atoms with van der Waals surface area (Å²) in [5, 5.41) is 22.0. The van der Waals surface area contributed by atoms with Crippen molar-refractivity contribution in [3.8, 4) is 0 Å². The van der Waals surface area contributed by atoms with E-state index < -0.39 is 11.0 Å². The third-order valence-corrected chi connectivity index (χ3v) is 5.86. The van der Waals surface area contributed by atoms with Crippen LogP contribution in [0.4, 0.5) is 11.5 Å². The Morgan fingerprint density at radius 3 is 2.65 bits per heavy atom. The van der Waals surface area contributed by atoms with E-state index in [4.69, 9.17) is 0 Å². The van der Waals surface area contributed by atoms with Crippen molar-refractivity contribution in [2.45, 2.75) is 45.6 Å². The molecule has 3 heterocycles. The molecule has 0 aromatic carbocycles. The van der Waals surface area contributed by atoms with Crippen LogP contribution in [0, 0.1) is 22.5 Å². The molecular formula is C17H28N6O3. The molecule has 2 saturated heterocycles. The monoisotopic (exact) mass is 364 g/mol. The van der Waals surface area contributed by atoms with Crippen molar-refractivity contribution in [3.05, 3.63) is 15.8 Å². The van der Waals surface area contributed by atoms with E-state index in [-0.39, 0.29) is 11.6 Å². The Hall–Kier alpha value is -2.16. The Bertz CT molecular complexity index is 685. The molecule has 3 rings (SSSR count). The number of amides is 1. The zero-order chi connectivity index (χ0) is 18.9. The molecule has 2 N–H and O–H groups in total. The molecule has 0 radical (unpaired) electrons. The molecule has 2 aliphatic heterocycles. The van der Waals surface area contributed by atoms with Crippen LogP contribution in [0.5, 0.6) is 0 Å². The number of nitro groups is 1. The van der Waals surface area contributed by atoms with Crippen LogP contribution in [0.25, 0.3) is 0 Å². The van der Waals surface area contributed by atoms with E-state index in [1.165, 1.54) is 11.1 Å². The maximum absolute atomic E-state index is 13.0. The summed E-state index contributed by atoms with van der Waals surface area (Å²) >= 11 is 0. The lowest BCUT2D eigenvalue weighted by Gasteiger charge is -2.40. The molecule has 0 saturated carbocycles. The van der Waals surface area contributed by atoms with Crippen molar-refractivity contribution in [1.82, 2.24) is 20.0 Å². The van der Waals surface area contributed by atoms with Crippen LogP contribution < -0.4 is 10.6 Å². The van der Waals surface area contributed by atoms with Crippen molar-refractivity contribution in [1.29, 1.82) is 0 Å². The molecule has 144 valence electrons. The SMILES string of the molecule is CCC(Nc1c([N+](=O)[O-])c(C)nn1C)C(=O)N1CCC2(CCNC2)CC1. The molecule has 2 aliphatic rings. The standard InChI is InChI=1S/C17H28N6O3/c1-4-13(19-15-14(23(25)26)12(2)20-21(15)3)16(24)22-9-6-17(7-10-22)5-8-18-11-17/h13,18-19H,4-11H2,1-3H3. The summed E-state index contributed by atoms with van der Waals surface area (Å²) in [5.41, 5.74) is 0.633. The highest BCUT2D eigenvalue weighted by Crippen LogP contribution is 2.37. The van der Waals surface area contributed by atoms with Gasteiger partial charge in [0.1, 0.15) is 11.7 Å². The minimum absolute atomic E-state index is 0.0152. The number of anilines is 1. The lowest BCUT2D eigenvalue weighted by Crippen LogP contribution is -2.49. The Labute approximate surface area is 153 Å². The van der Waals surface area contributed by atoms with Crippen LogP contribution in [-0.2, 0) is 11.8 Å². The first-order valence-corrected chi connectivity index (χ1v) is 9.31. The number of nitrogens with one attached hydrogen (secondary N) is 2. The van der Waals surface area contributed by atoms with Gasteiger partial charge in [-0.3, -0.25) is 14.9 Å². The number of hydrogen-bond donors (Lipinski definition) is 2. The number of aromatic nitrogens is 2. The van der Waals surface area contributed by atoms with Crippen LogP contribution in [-0.4, -0.2) is 57.7 Å². The van der Waals surface area contributed by atoms with Gasteiger partial charge in [-0.05, 0) is 44.6 Å². The van der Waals surface area contributed by atoms with Crippen molar-refractivity contribution >= 4 is 17.4 Å². The maximum Gasteiger partial charge on any atom is 0.333 e. The third kappa shape index (κ3) is 3.40. The number of nitrogens with zero attached hydrogens (tertiary/aromatic N) is 4. The Balaban J connectivity index is 1.70. The van der Waals surface area contributed by atoms with Gasteiger partial charge in [0.25, 0.3) is 0 Å². The van der Waals surface area contributed by atoms with E-state index in [0.717, 1.165) is 39.0 Å². The van der Waals surface area contributed by atoms with Gasteiger partial charge in [-0.2, -0.15) is 5.10 Å². The van der Waals surface area contributed by atoms with Crippen molar-refractivity contribution in [2.24, 2.45) is 12.5 Å². The summed E-state index contributed by atoms with van der Waals surface area (Å²) in [6, 6.07) is -0.487. The van der Waals surface area contributed by atoms with Crippen molar-refractivity contribution in [3.63, 3.8) is 0 Å². The summed E-state index contributed by atoms with van der Waals surface area (Å²) in [4.78, 5) is 25.8. The zero-order valence-corrected chi connectivity index (χ0v) is 15.7. The molecule has 2 fully saturated rings. The van der Waals surface area contributed by atoms with E-state index in [1.807, 2.05) is 11.8 Å². The van der Waals surface area contributed by atoms with Gasteiger partial charge in [0.2, 0.25) is 11.7 Å². The van der Waals surface area contributed by atoms with Crippen molar-refractivity contribution < 1.29 is 9.72 Å². The van der Waals surface area contributed by atoms with E-state index >= 15 is 0 Å². The average Bonchev–Trinajstić information content (AvgIpc) is 3.17. The normalized spacial score (nSPS) is 20.3. The first-order chi connectivity index (χ1) is 12.4. The number of carbonyl (C=O) groups is 1. The van der Waals surface area contributed by atoms with E-state index in [2.05, 4.69) is 15.7 Å². The van der Waals surface area contributed by atoms with Gasteiger partial charge in [-0.25, -0.2) is 4.68 Å². The molecule has 1 unspecified atom stereocenters. The second-order valence-corrected chi connectivity index (χ2v) is 7.52. The molecular weight excluding hydrogens is 336 g/mol. The fourth-order valence-corrected chi connectivity index (χ4v) is 4.17. The summed E-state index contributed by atoms with van der Waals surface area (Å²) < 4.78 is 1.44. The lowest BCUT2D eigenvalue weighted by atomic mass is 9.77. The lowest BCUT2D eigenvalue weighted by molar-refractivity contribution is -0.384. The van der Waals surface area contributed by atoms with Crippen LogP contribution in [0.2, 0.25) is 0 Å². The van der Waals surface area contributed by atoms with Crippen LogP contribution >= 0.6 is 0 Å². The molecule has 1 atom stereocenters. The maximum atomic E-state index is 13.0. The fraction of sp³-hybridized carbons (Fsp3) is 0.765. The quantitative estimate of drug-likeness (QED) is 0.605. The van der Waals surface area contributed by atoms with Gasteiger partial charge in [0.05, 0.1) is 4.92 Å². The van der Waals surface area contributed by atoms with Gasteiger partial charge < -0.3 is 15.5 Å². The predicted molar refractivity (Wildman–Crippen MR) is 98.0 cm³/mol. The topological polar surface area (TPSA) is 105 Å². The molecule has 9 nitrogen and oxygen atoms in total. The molecule has 0 bridgehead atoms. The highest BCUT2D eigenvalue weighted by atomic mass is 16.6. The smallest absolute Gasteiger partial charge is 0.333 e.